The number of nitrogens with zero attached hydrogens (tertiary/aromatic N) is 1. The molecule has 0 amide bonds. The van der Waals surface area contributed by atoms with Crippen molar-refractivity contribution < 1.29 is 18.3 Å². The fourth-order valence-corrected chi connectivity index (χ4v) is 3.58. The average Bonchev–Trinajstić information content (AvgIpc) is 2.35. The molecule has 19 heavy (non-hydrogen) atoms. The molecule has 0 atom stereocenters. The number of carboxylic acids is 1. The highest BCUT2D eigenvalue weighted by Crippen LogP contribution is 2.25. The normalized spacial score (nSPS) is 11.8. The van der Waals surface area contributed by atoms with E-state index in [9.17, 15) is 13.2 Å². The zero-order valence-electron chi connectivity index (χ0n) is 10.5. The zero-order chi connectivity index (χ0) is 14.6. The largest absolute Gasteiger partial charge is 0.478 e. The Labute approximate surface area is 121 Å². The van der Waals surface area contributed by atoms with E-state index in [2.05, 4.69) is 0 Å². The van der Waals surface area contributed by atoms with Crippen LogP contribution in [0.15, 0.2) is 23.1 Å². The van der Waals surface area contributed by atoms with Crippen molar-refractivity contribution in [3.05, 3.63) is 28.8 Å². The Hall–Kier alpha value is -0.760. The average molecular weight is 324 g/mol. The molecule has 0 unspecified atom stereocenters. The number of thioether (sulfide) groups is 1. The van der Waals surface area contributed by atoms with Crippen LogP contribution in [0.3, 0.4) is 0 Å². The first-order valence-electron chi connectivity index (χ1n) is 5.29. The smallest absolute Gasteiger partial charge is 0.335 e. The Bertz CT molecular complexity index is 574. The van der Waals surface area contributed by atoms with Crippen molar-refractivity contribution in [1.82, 2.24) is 4.31 Å². The molecule has 0 aliphatic rings. The van der Waals surface area contributed by atoms with Gasteiger partial charge in [0.1, 0.15) is 4.90 Å². The number of sulfonamides is 1. The van der Waals surface area contributed by atoms with Crippen LogP contribution in [0, 0.1) is 0 Å². The molecule has 1 aromatic rings. The highest BCUT2D eigenvalue weighted by Gasteiger charge is 2.24. The summed E-state index contributed by atoms with van der Waals surface area (Å²) in [5.41, 5.74) is -0.110. The summed E-state index contributed by atoms with van der Waals surface area (Å²) in [7, 11) is -2.33. The third-order valence-corrected chi connectivity index (χ3v) is 5.41. The fourth-order valence-electron chi connectivity index (χ4n) is 1.34. The van der Waals surface area contributed by atoms with Crippen molar-refractivity contribution in [2.45, 2.75) is 4.90 Å². The predicted molar refractivity (Wildman–Crippen MR) is 76.6 cm³/mol. The third kappa shape index (κ3) is 3.85. The van der Waals surface area contributed by atoms with E-state index in [4.69, 9.17) is 16.7 Å². The van der Waals surface area contributed by atoms with Crippen molar-refractivity contribution in [3.63, 3.8) is 0 Å². The van der Waals surface area contributed by atoms with Gasteiger partial charge in [0.25, 0.3) is 0 Å². The van der Waals surface area contributed by atoms with Crippen LogP contribution in [0.25, 0.3) is 0 Å². The van der Waals surface area contributed by atoms with Crippen LogP contribution in [0.4, 0.5) is 0 Å². The van der Waals surface area contributed by atoms with Gasteiger partial charge in [-0.15, -0.1) is 0 Å². The lowest BCUT2D eigenvalue weighted by Gasteiger charge is -2.17. The molecule has 0 saturated carbocycles. The molecule has 8 heteroatoms. The van der Waals surface area contributed by atoms with Crippen LogP contribution in [0.1, 0.15) is 10.4 Å². The lowest BCUT2D eigenvalue weighted by molar-refractivity contribution is 0.0696. The zero-order valence-corrected chi connectivity index (χ0v) is 12.8. The van der Waals surface area contributed by atoms with Crippen molar-refractivity contribution in [1.29, 1.82) is 0 Å². The molecule has 1 aromatic carbocycles. The van der Waals surface area contributed by atoms with Gasteiger partial charge in [-0.05, 0) is 24.5 Å². The number of aromatic carboxylic acids is 1. The second-order valence-corrected chi connectivity index (χ2v) is 7.18. The SMILES string of the molecule is CSCCN(C)S(=O)(=O)c1cc(C(=O)O)ccc1Cl. The summed E-state index contributed by atoms with van der Waals surface area (Å²) >= 11 is 7.38. The minimum atomic E-state index is -3.77. The number of halogens is 1. The molecule has 0 bridgehead atoms. The number of carbonyl (C=O) groups is 1. The van der Waals surface area contributed by atoms with Crippen molar-refractivity contribution in [2.75, 3.05) is 25.6 Å². The summed E-state index contributed by atoms with van der Waals surface area (Å²) in [4.78, 5) is 10.7. The molecule has 0 fully saturated rings. The van der Waals surface area contributed by atoms with E-state index in [1.54, 1.807) is 0 Å². The Morgan fingerprint density at radius 2 is 2.11 bits per heavy atom. The minimum absolute atomic E-state index is 0.0148. The number of hydrogen-bond acceptors (Lipinski definition) is 4. The van der Waals surface area contributed by atoms with E-state index in [1.807, 2.05) is 6.26 Å². The standard InChI is InChI=1S/C11H14ClNO4S2/c1-13(5-6-18-2)19(16,17)10-7-8(11(14)15)3-4-9(10)12/h3-4,7H,5-6H2,1-2H3,(H,14,15). The van der Waals surface area contributed by atoms with Gasteiger partial charge < -0.3 is 5.11 Å². The maximum Gasteiger partial charge on any atom is 0.335 e. The maximum absolute atomic E-state index is 12.3. The van der Waals surface area contributed by atoms with Gasteiger partial charge in [-0.3, -0.25) is 0 Å². The molecule has 106 valence electrons. The second-order valence-electron chi connectivity index (χ2n) is 3.77. The van der Waals surface area contributed by atoms with Gasteiger partial charge in [-0.1, -0.05) is 11.6 Å². The van der Waals surface area contributed by atoms with Crippen molar-refractivity contribution in [2.24, 2.45) is 0 Å². The molecular weight excluding hydrogens is 310 g/mol. The summed E-state index contributed by atoms with van der Waals surface area (Å²) in [5, 5.41) is 8.91. The molecule has 1 rings (SSSR count). The summed E-state index contributed by atoms with van der Waals surface area (Å²) in [6.07, 6.45) is 1.87. The molecule has 5 nitrogen and oxygen atoms in total. The molecule has 0 heterocycles. The fraction of sp³-hybridized carbons (Fsp3) is 0.364. The van der Waals surface area contributed by atoms with Crippen LogP contribution < -0.4 is 0 Å². The number of carboxylic acid groups (broad SMARTS) is 1. The lowest BCUT2D eigenvalue weighted by Crippen LogP contribution is -2.29. The van der Waals surface area contributed by atoms with Gasteiger partial charge in [0.15, 0.2) is 0 Å². The Kier molecular flexibility index (Phi) is 5.66. The molecule has 0 radical (unpaired) electrons. The topological polar surface area (TPSA) is 74.7 Å². The Morgan fingerprint density at radius 1 is 1.47 bits per heavy atom. The summed E-state index contributed by atoms with van der Waals surface area (Å²) in [5.74, 6) is -0.550. The van der Waals surface area contributed by atoms with Crippen LogP contribution in [-0.2, 0) is 10.0 Å². The Balaban J connectivity index is 3.20. The second kappa shape index (κ2) is 6.60. The third-order valence-electron chi connectivity index (χ3n) is 2.48. The van der Waals surface area contributed by atoms with Crippen LogP contribution in [0.5, 0.6) is 0 Å². The van der Waals surface area contributed by atoms with Gasteiger partial charge in [-0.2, -0.15) is 11.8 Å². The van der Waals surface area contributed by atoms with E-state index < -0.39 is 16.0 Å². The molecule has 0 aliphatic heterocycles. The summed E-state index contributed by atoms with van der Waals surface area (Å²) in [6, 6.07) is 3.63. The number of benzene rings is 1. The van der Waals surface area contributed by atoms with E-state index in [-0.39, 0.29) is 15.5 Å². The van der Waals surface area contributed by atoms with Gasteiger partial charge in [0, 0.05) is 19.3 Å². The van der Waals surface area contributed by atoms with Crippen LogP contribution in [0.2, 0.25) is 5.02 Å². The first-order valence-corrected chi connectivity index (χ1v) is 8.50. The summed E-state index contributed by atoms with van der Waals surface area (Å²) < 4.78 is 25.7. The van der Waals surface area contributed by atoms with E-state index in [0.717, 1.165) is 10.4 Å². The predicted octanol–water partition coefficient (Wildman–Crippen LogP) is 2.02. The van der Waals surface area contributed by atoms with E-state index in [0.29, 0.717) is 12.3 Å². The monoisotopic (exact) mass is 323 g/mol. The van der Waals surface area contributed by atoms with Gasteiger partial charge >= 0.3 is 5.97 Å². The van der Waals surface area contributed by atoms with Crippen molar-refractivity contribution >= 4 is 39.4 Å². The summed E-state index contributed by atoms with van der Waals surface area (Å²) in [6.45, 7) is 0.330. The Morgan fingerprint density at radius 3 is 2.63 bits per heavy atom. The minimum Gasteiger partial charge on any atom is -0.478 e. The highest BCUT2D eigenvalue weighted by atomic mass is 35.5. The van der Waals surface area contributed by atoms with E-state index >= 15 is 0 Å². The molecule has 0 aliphatic carbocycles. The van der Waals surface area contributed by atoms with Gasteiger partial charge in [-0.25, -0.2) is 17.5 Å². The lowest BCUT2D eigenvalue weighted by atomic mass is 10.2. The van der Waals surface area contributed by atoms with Gasteiger partial charge in [0.05, 0.1) is 10.6 Å². The number of hydrogen-bond donors (Lipinski definition) is 1. The quantitative estimate of drug-likeness (QED) is 0.867. The van der Waals surface area contributed by atoms with Crippen LogP contribution >= 0.6 is 23.4 Å². The highest BCUT2D eigenvalue weighted by molar-refractivity contribution is 7.98. The number of rotatable bonds is 6. The van der Waals surface area contributed by atoms with E-state index in [1.165, 1.54) is 30.9 Å². The molecule has 0 aromatic heterocycles. The molecular formula is C11H14ClNO4S2. The first kappa shape index (κ1) is 16.3. The first-order chi connectivity index (χ1) is 8.80. The molecule has 0 spiro atoms. The van der Waals surface area contributed by atoms with Crippen molar-refractivity contribution in [3.8, 4) is 0 Å². The molecule has 0 saturated heterocycles. The van der Waals surface area contributed by atoms with Gasteiger partial charge in [0.2, 0.25) is 10.0 Å². The molecule has 1 N–H and O–H groups in total. The maximum atomic E-state index is 12.3. The van der Waals surface area contributed by atoms with Crippen LogP contribution in [-0.4, -0.2) is 49.4 Å².